The maximum Gasteiger partial charge on any atom is 0.139 e. The summed E-state index contributed by atoms with van der Waals surface area (Å²) in [4.78, 5) is 0. The summed E-state index contributed by atoms with van der Waals surface area (Å²) in [5, 5.41) is 11.4. The molecular weight excluding hydrogens is 207 g/mol. The van der Waals surface area contributed by atoms with Gasteiger partial charge in [0, 0.05) is 10.9 Å². The van der Waals surface area contributed by atoms with Gasteiger partial charge in [0.2, 0.25) is 0 Å². The van der Waals surface area contributed by atoms with Crippen molar-refractivity contribution in [2.24, 2.45) is 0 Å². The van der Waals surface area contributed by atoms with Crippen LogP contribution in [0, 0.1) is 5.82 Å². The van der Waals surface area contributed by atoms with Crippen molar-refractivity contribution in [3.05, 3.63) is 47.8 Å². The highest BCUT2D eigenvalue weighted by atomic mass is 19.1. The molecule has 0 saturated carbocycles. The topological polar surface area (TPSA) is 29.5 Å². The Bertz CT molecular complexity index is 547. The third-order valence-corrected chi connectivity index (χ3v) is 3.05. The summed E-state index contributed by atoms with van der Waals surface area (Å²) in [6.07, 6.45) is 0. The number of halogens is 1. The molecule has 0 atom stereocenters. The van der Waals surface area contributed by atoms with Gasteiger partial charge in [-0.05, 0) is 5.39 Å². The van der Waals surface area contributed by atoms with Crippen molar-refractivity contribution >= 4 is 10.8 Å². The average molecular weight is 218 g/mol. The van der Waals surface area contributed by atoms with Gasteiger partial charge in [0.25, 0.3) is 0 Å². The van der Waals surface area contributed by atoms with Crippen molar-refractivity contribution in [3.8, 4) is 0 Å². The highest BCUT2D eigenvalue weighted by Gasteiger charge is 2.40. The van der Waals surface area contributed by atoms with Crippen molar-refractivity contribution in [2.75, 3.05) is 13.2 Å². The second-order valence-electron chi connectivity index (χ2n) is 4.17. The third-order valence-electron chi connectivity index (χ3n) is 3.05. The van der Waals surface area contributed by atoms with E-state index in [-0.39, 0.29) is 19.0 Å². The molecule has 0 spiro atoms. The fraction of sp³-hybridized carbons (Fsp3) is 0.231. The molecule has 1 heterocycles. The molecule has 2 nitrogen and oxygen atoms in total. The second-order valence-corrected chi connectivity index (χ2v) is 4.17. The molecule has 2 aromatic rings. The van der Waals surface area contributed by atoms with E-state index in [1.54, 1.807) is 18.2 Å². The van der Waals surface area contributed by atoms with Crippen LogP contribution in [-0.4, -0.2) is 18.3 Å². The molecule has 0 aromatic heterocycles. The van der Waals surface area contributed by atoms with E-state index in [2.05, 4.69) is 0 Å². The van der Waals surface area contributed by atoms with Crippen LogP contribution in [0.4, 0.5) is 4.39 Å². The van der Waals surface area contributed by atoms with Gasteiger partial charge in [-0.2, -0.15) is 0 Å². The van der Waals surface area contributed by atoms with Crippen LogP contribution in [0.1, 0.15) is 5.56 Å². The smallest absolute Gasteiger partial charge is 0.139 e. The fourth-order valence-corrected chi connectivity index (χ4v) is 2.04. The van der Waals surface area contributed by atoms with Crippen LogP contribution in [0.15, 0.2) is 36.4 Å². The van der Waals surface area contributed by atoms with Gasteiger partial charge in [0.15, 0.2) is 0 Å². The predicted octanol–water partition coefficient (Wildman–Crippen LogP) is 2.20. The fourth-order valence-electron chi connectivity index (χ4n) is 2.04. The second kappa shape index (κ2) is 3.27. The molecule has 1 fully saturated rings. The molecule has 0 bridgehead atoms. The molecule has 0 aliphatic carbocycles. The van der Waals surface area contributed by atoms with Gasteiger partial charge in [-0.1, -0.05) is 36.4 Å². The molecule has 3 heteroatoms. The zero-order valence-corrected chi connectivity index (χ0v) is 8.61. The molecule has 1 aliphatic rings. The van der Waals surface area contributed by atoms with Crippen molar-refractivity contribution in [1.29, 1.82) is 0 Å². The number of ether oxygens (including phenoxy) is 1. The summed E-state index contributed by atoms with van der Waals surface area (Å²) >= 11 is 0. The number of hydrogen-bond acceptors (Lipinski definition) is 2. The maximum atomic E-state index is 14.2. The Balaban J connectivity index is 2.24. The van der Waals surface area contributed by atoms with E-state index in [4.69, 9.17) is 4.74 Å². The molecular formula is C13H11FO2. The SMILES string of the molecule is OC1(c2ccc3ccccc3c2F)COC1. The Labute approximate surface area is 92.3 Å². The first-order chi connectivity index (χ1) is 7.71. The zero-order valence-electron chi connectivity index (χ0n) is 8.61. The van der Waals surface area contributed by atoms with Crippen molar-refractivity contribution in [1.82, 2.24) is 0 Å². The number of benzene rings is 2. The van der Waals surface area contributed by atoms with Crippen molar-refractivity contribution < 1.29 is 14.2 Å². The van der Waals surface area contributed by atoms with Gasteiger partial charge in [-0.3, -0.25) is 0 Å². The van der Waals surface area contributed by atoms with E-state index in [9.17, 15) is 9.50 Å². The monoisotopic (exact) mass is 218 g/mol. The number of rotatable bonds is 1. The molecule has 2 aromatic carbocycles. The van der Waals surface area contributed by atoms with Crippen LogP contribution in [0.2, 0.25) is 0 Å². The Morgan fingerprint density at radius 3 is 2.56 bits per heavy atom. The molecule has 82 valence electrons. The summed E-state index contributed by atoms with van der Waals surface area (Å²) in [6.45, 7) is 0.338. The highest BCUT2D eigenvalue weighted by molar-refractivity contribution is 5.84. The number of hydrogen-bond donors (Lipinski definition) is 1. The van der Waals surface area contributed by atoms with E-state index in [0.29, 0.717) is 10.9 Å². The lowest BCUT2D eigenvalue weighted by atomic mass is 9.90. The van der Waals surface area contributed by atoms with Crippen LogP contribution < -0.4 is 0 Å². The Morgan fingerprint density at radius 2 is 1.88 bits per heavy atom. The summed E-state index contributed by atoms with van der Waals surface area (Å²) in [7, 11) is 0. The summed E-state index contributed by atoms with van der Waals surface area (Å²) in [6, 6.07) is 10.7. The predicted molar refractivity (Wildman–Crippen MR) is 58.6 cm³/mol. The highest BCUT2D eigenvalue weighted by Crippen LogP contribution is 2.33. The lowest BCUT2D eigenvalue weighted by molar-refractivity contribution is -0.186. The van der Waals surface area contributed by atoms with Crippen LogP contribution in [0.5, 0.6) is 0 Å². The standard InChI is InChI=1S/C13H11FO2/c14-12-10-4-2-1-3-9(10)5-6-11(12)13(15)7-16-8-13/h1-6,15H,7-8H2. The summed E-state index contributed by atoms with van der Waals surface area (Å²) < 4.78 is 19.1. The average Bonchev–Trinajstić information content (AvgIpc) is 2.27. The summed E-state index contributed by atoms with van der Waals surface area (Å²) in [5.41, 5.74) is -0.814. The van der Waals surface area contributed by atoms with E-state index in [1.165, 1.54) is 0 Å². The van der Waals surface area contributed by atoms with Gasteiger partial charge in [0.1, 0.15) is 11.4 Å². The minimum atomic E-state index is -1.14. The van der Waals surface area contributed by atoms with Gasteiger partial charge in [-0.15, -0.1) is 0 Å². The van der Waals surface area contributed by atoms with Crippen LogP contribution in [0.25, 0.3) is 10.8 Å². The zero-order chi connectivity index (χ0) is 11.2. The lowest BCUT2D eigenvalue weighted by Gasteiger charge is -2.37. The summed E-state index contributed by atoms with van der Waals surface area (Å²) in [5.74, 6) is -0.344. The Hall–Kier alpha value is -1.45. The Morgan fingerprint density at radius 1 is 1.12 bits per heavy atom. The van der Waals surface area contributed by atoms with Crippen molar-refractivity contribution in [2.45, 2.75) is 5.60 Å². The maximum absolute atomic E-state index is 14.2. The van der Waals surface area contributed by atoms with E-state index in [1.807, 2.05) is 18.2 Å². The van der Waals surface area contributed by atoms with Crippen LogP contribution >= 0.6 is 0 Å². The molecule has 1 aliphatic heterocycles. The number of fused-ring (bicyclic) bond motifs is 1. The Kier molecular flexibility index (Phi) is 1.99. The van der Waals surface area contributed by atoms with E-state index < -0.39 is 5.60 Å². The van der Waals surface area contributed by atoms with Crippen molar-refractivity contribution in [3.63, 3.8) is 0 Å². The first kappa shape index (κ1) is 9.75. The van der Waals surface area contributed by atoms with Gasteiger partial charge in [-0.25, -0.2) is 4.39 Å². The normalized spacial score (nSPS) is 18.4. The first-order valence-electron chi connectivity index (χ1n) is 5.19. The molecule has 0 amide bonds. The third kappa shape index (κ3) is 1.25. The largest absolute Gasteiger partial charge is 0.380 e. The minimum Gasteiger partial charge on any atom is -0.380 e. The van der Waals surface area contributed by atoms with Crippen LogP contribution in [-0.2, 0) is 10.3 Å². The first-order valence-corrected chi connectivity index (χ1v) is 5.19. The van der Waals surface area contributed by atoms with Gasteiger partial charge >= 0.3 is 0 Å². The lowest BCUT2D eigenvalue weighted by Crippen LogP contribution is -2.47. The van der Waals surface area contributed by atoms with Gasteiger partial charge in [0.05, 0.1) is 13.2 Å². The molecule has 0 radical (unpaired) electrons. The quantitative estimate of drug-likeness (QED) is 0.795. The van der Waals surface area contributed by atoms with E-state index in [0.717, 1.165) is 5.39 Å². The van der Waals surface area contributed by atoms with Crippen LogP contribution in [0.3, 0.4) is 0 Å². The molecule has 0 unspecified atom stereocenters. The molecule has 3 rings (SSSR count). The number of aliphatic hydroxyl groups is 1. The minimum absolute atomic E-state index is 0.169. The molecule has 1 saturated heterocycles. The molecule has 16 heavy (non-hydrogen) atoms. The van der Waals surface area contributed by atoms with E-state index >= 15 is 0 Å². The molecule has 1 N–H and O–H groups in total. The van der Waals surface area contributed by atoms with Gasteiger partial charge < -0.3 is 9.84 Å².